The number of aliphatic hydroxyl groups excluding tert-OH is 5. The van der Waals surface area contributed by atoms with Crippen molar-refractivity contribution in [1.82, 2.24) is 20.9 Å². The molecule has 13 N–H and O–H groups in total. The van der Waals surface area contributed by atoms with E-state index in [-0.39, 0.29) is 101 Å². The molecule has 8 fully saturated rings. The summed E-state index contributed by atoms with van der Waals surface area (Å²) in [6.07, 6.45) is -13.4. The van der Waals surface area contributed by atoms with E-state index in [1.165, 1.54) is 14.0 Å². The summed E-state index contributed by atoms with van der Waals surface area (Å²) in [7, 11) is 1.46. The topological polar surface area (TPSA) is 498 Å². The van der Waals surface area contributed by atoms with Gasteiger partial charge in [0.15, 0.2) is 75.2 Å². The lowest BCUT2D eigenvalue weighted by molar-refractivity contribution is -0.183. The number of hydrogen-bond acceptors (Lipinski definition) is 33. The highest BCUT2D eigenvalue weighted by molar-refractivity contribution is 6.04. The number of aromatic amines is 1. The van der Waals surface area contributed by atoms with Crippen LogP contribution in [0.2, 0.25) is 0 Å². The molecule has 5 aromatic rings. The van der Waals surface area contributed by atoms with Crippen LogP contribution in [0.25, 0.3) is 10.8 Å². The van der Waals surface area contributed by atoms with Crippen molar-refractivity contribution in [3.05, 3.63) is 79.3 Å². The molecule has 37 heteroatoms. The Kier molecular flexibility index (Phi) is 15.7. The third-order valence-electron chi connectivity index (χ3n) is 22.5. The second-order valence-corrected chi connectivity index (χ2v) is 30.6. The number of hydrogen-bond donors (Lipinski definition) is 13. The quantitative estimate of drug-likeness (QED) is 0.0852. The molecule has 37 nitrogen and oxygen atoms in total. The molecule has 1 spiro atoms. The molecule has 1 aromatic heterocycles. The third-order valence-corrected chi connectivity index (χ3v) is 22.5. The Morgan fingerprint density at radius 2 is 0.917 bits per heavy atom. The Morgan fingerprint density at radius 1 is 0.472 bits per heavy atom. The van der Waals surface area contributed by atoms with Gasteiger partial charge >= 0.3 is 5.97 Å². The highest BCUT2D eigenvalue weighted by Crippen LogP contribution is 2.64. The van der Waals surface area contributed by atoms with E-state index >= 15 is 0 Å². The van der Waals surface area contributed by atoms with E-state index in [9.17, 15) is 69.9 Å². The molecule has 5 saturated heterocycles. The maximum Gasteiger partial charge on any atom is 0.303 e. The lowest BCUT2D eigenvalue weighted by Gasteiger charge is -2.47. The van der Waals surface area contributed by atoms with Gasteiger partial charge in [0.2, 0.25) is 50.2 Å². The summed E-state index contributed by atoms with van der Waals surface area (Å²) < 4.78 is 106. The number of pyridine rings is 1. The number of epoxide rings is 1. The van der Waals surface area contributed by atoms with Crippen molar-refractivity contribution in [3.63, 3.8) is 0 Å². The zero-order valence-corrected chi connectivity index (χ0v) is 59.1. The smallest absolute Gasteiger partial charge is 0.303 e. The van der Waals surface area contributed by atoms with E-state index < -0.39 is 186 Å². The summed E-state index contributed by atoms with van der Waals surface area (Å²) in [5.41, 5.74) is 0.807. The van der Waals surface area contributed by atoms with Gasteiger partial charge in [-0.05, 0) is 90.8 Å². The number of esters is 1. The van der Waals surface area contributed by atoms with E-state index in [1.807, 2.05) is 0 Å². The van der Waals surface area contributed by atoms with Crippen LogP contribution in [0.5, 0.6) is 69.0 Å². The summed E-state index contributed by atoms with van der Waals surface area (Å²) >= 11 is 0. The normalized spacial score (nSPS) is 37.0. The van der Waals surface area contributed by atoms with Gasteiger partial charge in [-0.2, -0.15) is 0 Å². The molecule has 578 valence electrons. The highest BCUT2D eigenvalue weighted by atomic mass is 16.8. The summed E-state index contributed by atoms with van der Waals surface area (Å²) in [6, 6.07) is 4.57. The average Bonchev–Trinajstić information content (AvgIpc) is 1.49. The molecule has 4 aliphatic carbocycles. The first-order valence-electron chi connectivity index (χ1n) is 34.9. The number of H-pyrrole nitrogens is 1. The van der Waals surface area contributed by atoms with Crippen LogP contribution in [0, 0.1) is 0 Å². The van der Waals surface area contributed by atoms with Crippen molar-refractivity contribution in [3.8, 4) is 69.0 Å². The van der Waals surface area contributed by atoms with Gasteiger partial charge in [0.05, 0.1) is 52.0 Å². The maximum atomic E-state index is 12.8. The fraction of sp³-hybridized carbons (Fsp3) is 0.563. The number of amides is 3. The molecule has 4 aromatic carbocycles. The van der Waals surface area contributed by atoms with Gasteiger partial charge in [-0.3, -0.25) is 24.0 Å². The van der Waals surface area contributed by atoms with Gasteiger partial charge in [-0.25, -0.2) is 0 Å². The first-order valence-corrected chi connectivity index (χ1v) is 34.9. The van der Waals surface area contributed by atoms with Crippen LogP contribution in [-0.4, -0.2) is 236 Å². The van der Waals surface area contributed by atoms with Crippen molar-refractivity contribution in [2.24, 2.45) is 0 Å². The molecule has 1 unspecified atom stereocenters. The molecule has 108 heavy (non-hydrogen) atoms. The maximum absolute atomic E-state index is 12.8. The van der Waals surface area contributed by atoms with Crippen molar-refractivity contribution in [2.45, 2.75) is 219 Å². The largest absolute Gasteiger partial charge is 0.504 e. The molecule has 21 rings (SSSR count). The van der Waals surface area contributed by atoms with E-state index in [2.05, 4.69) is 20.9 Å². The van der Waals surface area contributed by atoms with Crippen LogP contribution < -0.4 is 59.4 Å². The van der Waals surface area contributed by atoms with Gasteiger partial charge in [0, 0.05) is 42.4 Å². The molecule has 0 radical (unpaired) electrons. The van der Waals surface area contributed by atoms with E-state index in [4.69, 9.17) is 90.0 Å². The van der Waals surface area contributed by atoms with Crippen LogP contribution in [0.4, 0.5) is 0 Å². The Bertz CT molecular complexity index is 4760. The number of carbonyl (C=O) groups excluding carboxylic acids is 4. The Morgan fingerprint density at radius 3 is 1.46 bits per heavy atom. The predicted molar refractivity (Wildman–Crippen MR) is 350 cm³/mol. The van der Waals surface area contributed by atoms with Gasteiger partial charge in [-0.1, -0.05) is 0 Å². The van der Waals surface area contributed by atoms with Crippen LogP contribution in [0.3, 0.4) is 0 Å². The minimum atomic E-state index is -1.22. The molecule has 0 bridgehead atoms. The highest BCUT2D eigenvalue weighted by Gasteiger charge is 2.78. The Labute approximate surface area is 609 Å². The SMILES string of the molecule is CC(=O)O[C@H]1[C@@H](O)[C@H]2c3cc4c(c(O)c3C(=O)N[C@H]2[C@@H]2OC(C)(C)O[C@H]12)OCO4.CC1(C)O[C@@H]2[C@@H](O)[C@@H](O)[C@@H]3c4cc5c(c(O)c4C(=O)N[C@H]3[C@@H]2O1)OCO5.CC1(C)O[C@@H]2[C@@H](O)[C@H]3OC34c3cc5c(c(O)c3C(=O)N[C@H]4[C@@H]2O1)OCO5.CO[C@H]1c2c([nH]c(=O)c3c(O)c4c(cc23)OCO4)[C@@H]2OC(C)(C)O[C@@H]2[C@H]1O. The summed E-state index contributed by atoms with van der Waals surface area (Å²) in [4.78, 5) is 65.6. The van der Waals surface area contributed by atoms with Crippen molar-refractivity contribution in [1.29, 1.82) is 0 Å². The monoisotopic (exact) mass is 1510 g/mol. The number of carbonyl (C=O) groups is 4. The van der Waals surface area contributed by atoms with Crippen LogP contribution in [-0.2, 0) is 62.5 Å². The van der Waals surface area contributed by atoms with Crippen LogP contribution in [0.15, 0.2) is 29.1 Å². The summed E-state index contributed by atoms with van der Waals surface area (Å²) in [6.45, 7) is 14.8. The standard InChI is InChI=1S/C19H21NO9.C18H19NO8.C17H17NO8.C17H19NO8/c1-6(21)27-16-12(22)9-7-4-8-14(26-5-25-8)13(23)10(7)18(24)20-11(9)15-17(16)29-19(2,3)28-15;1-18(2)26-15-10-8(14(23-3)12(21)16(15)27-18)6-4-7-13(25-5-24-7)11(20)9(6)17(22)19-10;1-16(2)24-11-9(20)14-17(26-14)5-3-6-10(23-4-22-6)8(19)7(5)15(21)18-13(17)12(11)25-16;1-17(2)25-14-9-7(10(19)12(21)15(14)26-17)5-3-6-13(24-4-23-6)11(20)8(5)16(22)18-9/h4,9,11-12,15-17,22-23H,5H2,1-3H3,(H,20,24);4,12,14-16,20-21H,5H2,1-3H3,(H,19,22);3,9,11-14,19-20H,4H2,1-2H3,(H,18,21);3,7,9-10,12,14-15,19-21H,4H2,1-2H3,(H,18,22)/t9-,11+,12-,15-,16-,17-;12-,14-,15-,16+;9-,11-,12-,13+,14-,17?;7-,9-,10+,12+,14+,15-/m0011/s1. The van der Waals surface area contributed by atoms with Gasteiger partial charge in [0.1, 0.15) is 91.1 Å². The number of benzene rings is 4. The molecular weight excluding hydrogens is 1440 g/mol. The fourth-order valence-corrected chi connectivity index (χ4v) is 18.4. The third kappa shape index (κ3) is 10.3. The number of phenols is 4. The summed E-state index contributed by atoms with van der Waals surface area (Å²) in [5.74, 6) is -6.84. The van der Waals surface area contributed by atoms with Crippen molar-refractivity contribution in [2.75, 3.05) is 34.3 Å². The first kappa shape index (κ1) is 70.6. The molecule has 3 saturated carbocycles. The number of aromatic nitrogens is 1. The number of rotatable bonds is 2. The number of methoxy groups -OCH3 is 1. The second kappa shape index (κ2) is 24.0. The second-order valence-electron chi connectivity index (χ2n) is 30.6. The molecular formula is C71H76N4O33. The van der Waals surface area contributed by atoms with E-state index in [0.29, 0.717) is 50.6 Å². The number of phenolic OH excluding ortho intramolecular Hbond substituents is 4. The number of aliphatic hydroxyl groups is 5. The lowest BCUT2D eigenvalue weighted by atomic mass is 9.70. The molecule has 22 atom stereocenters. The van der Waals surface area contributed by atoms with Crippen LogP contribution in [0.1, 0.15) is 145 Å². The Hall–Kier alpha value is -9.03. The van der Waals surface area contributed by atoms with E-state index in [1.54, 1.807) is 79.7 Å². The molecule has 3 amide bonds. The van der Waals surface area contributed by atoms with Crippen LogP contribution >= 0.6 is 0 Å². The minimum absolute atomic E-state index is 0.00671. The lowest BCUT2D eigenvalue weighted by Crippen LogP contribution is -2.66. The molecule has 16 aliphatic rings. The van der Waals surface area contributed by atoms with Crippen molar-refractivity contribution >= 4 is 34.5 Å². The van der Waals surface area contributed by atoms with Gasteiger partial charge in [0.25, 0.3) is 23.3 Å². The summed E-state index contributed by atoms with van der Waals surface area (Å²) in [5, 5.41) is 105. The zero-order chi connectivity index (χ0) is 76.1. The molecule has 13 heterocycles. The molecule has 12 aliphatic heterocycles. The zero-order valence-electron chi connectivity index (χ0n) is 59.1. The number of nitrogens with one attached hydrogen (secondary N) is 4. The average molecular weight is 1510 g/mol. The number of aromatic hydroxyl groups is 4. The van der Waals surface area contributed by atoms with Gasteiger partial charge in [-0.15, -0.1) is 0 Å². The predicted octanol–water partition coefficient (Wildman–Crippen LogP) is 0.653. The van der Waals surface area contributed by atoms with Gasteiger partial charge < -0.3 is 157 Å². The Balaban J connectivity index is 0.000000102. The first-order chi connectivity index (χ1) is 51.1. The fourth-order valence-electron chi connectivity index (χ4n) is 18.4. The van der Waals surface area contributed by atoms with E-state index in [0.717, 1.165) is 0 Å². The minimum Gasteiger partial charge on any atom is -0.504 e. The number of ether oxygens (including phenoxy) is 19. The van der Waals surface area contributed by atoms with Crippen molar-refractivity contribution < 1.29 is 155 Å². The number of fused-ring (bicyclic) bond motifs is 22.